The van der Waals surface area contributed by atoms with Crippen molar-refractivity contribution in [1.29, 1.82) is 0 Å². The van der Waals surface area contributed by atoms with Gasteiger partial charge in [0.1, 0.15) is 11.6 Å². The van der Waals surface area contributed by atoms with E-state index in [9.17, 15) is 14.4 Å². The van der Waals surface area contributed by atoms with Crippen LogP contribution in [-0.2, 0) is 9.59 Å². The molecule has 0 saturated carbocycles. The number of hydrogen-bond acceptors (Lipinski definition) is 6. The normalized spacial score (nSPS) is 23.9. The van der Waals surface area contributed by atoms with Gasteiger partial charge in [0.2, 0.25) is 11.8 Å². The van der Waals surface area contributed by atoms with Crippen LogP contribution >= 0.6 is 23.2 Å². The second-order valence-corrected chi connectivity index (χ2v) is 10.2. The molecule has 3 aliphatic heterocycles. The van der Waals surface area contributed by atoms with Gasteiger partial charge in [-0.15, -0.1) is 5.10 Å². The van der Waals surface area contributed by atoms with Crippen LogP contribution in [0.1, 0.15) is 10.4 Å². The summed E-state index contributed by atoms with van der Waals surface area (Å²) >= 11 is 12.4. The number of carbonyl (C=O) groups is 3. The predicted molar refractivity (Wildman–Crippen MR) is 140 cm³/mol. The van der Waals surface area contributed by atoms with Crippen molar-refractivity contribution in [2.75, 3.05) is 9.80 Å². The minimum absolute atomic E-state index is 0.283. The number of hydrogen-bond donors (Lipinski definition) is 0. The fourth-order valence-electron chi connectivity index (χ4n) is 5.88. The lowest BCUT2D eigenvalue weighted by atomic mass is 9.88. The van der Waals surface area contributed by atoms with Gasteiger partial charge in [-0.25, -0.2) is 4.90 Å². The Kier molecular flexibility index (Phi) is 4.80. The molecule has 3 aromatic carbocycles. The van der Waals surface area contributed by atoms with Crippen molar-refractivity contribution in [2.45, 2.75) is 12.1 Å². The van der Waals surface area contributed by atoms with Gasteiger partial charge in [0.05, 0.1) is 29.1 Å². The molecule has 2 saturated heterocycles. The summed E-state index contributed by atoms with van der Waals surface area (Å²) < 4.78 is 1.23. The van der Waals surface area contributed by atoms with Gasteiger partial charge in [0, 0.05) is 15.7 Å². The number of anilines is 2. The van der Waals surface area contributed by atoms with Crippen LogP contribution in [0.4, 0.5) is 11.4 Å². The molecule has 0 bridgehead atoms. The molecule has 4 unspecified atom stereocenters. The number of amides is 2. The van der Waals surface area contributed by atoms with Crippen molar-refractivity contribution in [3.63, 3.8) is 0 Å². The van der Waals surface area contributed by atoms with Crippen LogP contribution in [0.15, 0.2) is 72.8 Å². The number of benzene rings is 3. The van der Waals surface area contributed by atoms with Gasteiger partial charge in [-0.1, -0.05) is 70.9 Å². The average Bonchev–Trinajstić information content (AvgIpc) is 3.54. The van der Waals surface area contributed by atoms with Crippen LogP contribution in [0.5, 0.6) is 0 Å². The van der Waals surface area contributed by atoms with Crippen LogP contribution in [-0.4, -0.2) is 44.8 Å². The third kappa shape index (κ3) is 3.12. The molecule has 0 N–H and O–H groups in total. The summed E-state index contributed by atoms with van der Waals surface area (Å²) in [5.41, 5.74) is 3.06. The third-order valence-corrected chi connectivity index (χ3v) is 7.77. The molecule has 3 aliphatic rings. The number of fused-ring (bicyclic) bond motifs is 6. The first-order valence-electron chi connectivity index (χ1n) is 11.7. The summed E-state index contributed by atoms with van der Waals surface area (Å²) in [7, 11) is 0. The molecule has 10 heteroatoms. The van der Waals surface area contributed by atoms with Gasteiger partial charge in [0.25, 0.3) is 5.91 Å². The Balaban J connectivity index is 1.40. The lowest BCUT2D eigenvalue weighted by Gasteiger charge is -2.36. The minimum Gasteiger partial charge on any atom is -0.351 e. The summed E-state index contributed by atoms with van der Waals surface area (Å²) in [6, 6.07) is 17.8. The van der Waals surface area contributed by atoms with Gasteiger partial charge in [-0.2, -0.15) is 4.68 Å². The molecule has 1 aromatic heterocycles. The van der Waals surface area contributed by atoms with Crippen molar-refractivity contribution < 1.29 is 14.4 Å². The summed E-state index contributed by atoms with van der Waals surface area (Å²) in [6.07, 6.45) is 3.83. The molecule has 2 amide bonds. The fourth-order valence-corrected chi connectivity index (χ4v) is 6.39. The van der Waals surface area contributed by atoms with Gasteiger partial charge >= 0.3 is 0 Å². The Morgan fingerprint density at radius 1 is 0.865 bits per heavy atom. The molecule has 8 nitrogen and oxygen atoms in total. The minimum atomic E-state index is -0.984. The number of rotatable bonds is 2. The number of halogens is 2. The monoisotopic (exact) mass is 529 g/mol. The van der Waals surface area contributed by atoms with Crippen LogP contribution < -0.4 is 9.80 Å². The average molecular weight is 530 g/mol. The van der Waals surface area contributed by atoms with E-state index >= 15 is 0 Å². The van der Waals surface area contributed by atoms with E-state index in [0.717, 1.165) is 16.2 Å². The Labute approximate surface area is 220 Å². The van der Waals surface area contributed by atoms with Crippen molar-refractivity contribution in [3.8, 4) is 0 Å². The van der Waals surface area contributed by atoms with E-state index in [1.54, 1.807) is 18.2 Å². The molecule has 4 atom stereocenters. The highest BCUT2D eigenvalue weighted by Crippen LogP contribution is 2.49. The summed E-state index contributed by atoms with van der Waals surface area (Å²) in [4.78, 5) is 45.1. The molecule has 0 aliphatic carbocycles. The molecule has 7 rings (SSSR count). The molecule has 4 heterocycles. The topological polar surface area (TPSA) is 88.4 Å². The maximum Gasteiger partial charge on any atom is 0.272 e. The maximum atomic E-state index is 14.2. The van der Waals surface area contributed by atoms with E-state index in [1.807, 2.05) is 47.4 Å². The fraction of sp³-hybridized carbons (Fsp3) is 0.148. The number of para-hydroxylation sites is 2. The van der Waals surface area contributed by atoms with E-state index in [-0.39, 0.29) is 5.69 Å². The molecule has 2 fully saturated rings. The van der Waals surface area contributed by atoms with Crippen molar-refractivity contribution in [1.82, 2.24) is 15.0 Å². The smallest absolute Gasteiger partial charge is 0.272 e. The van der Waals surface area contributed by atoms with Crippen molar-refractivity contribution in [3.05, 3.63) is 88.4 Å². The largest absolute Gasteiger partial charge is 0.351 e. The second kappa shape index (κ2) is 7.99. The van der Waals surface area contributed by atoms with Crippen LogP contribution in [0.2, 0.25) is 10.0 Å². The highest BCUT2D eigenvalue weighted by molar-refractivity contribution is 6.36. The number of imide groups is 1. The third-order valence-electron chi connectivity index (χ3n) is 7.33. The number of nitrogens with zero attached hydrogens (tertiary/aromatic N) is 5. The van der Waals surface area contributed by atoms with E-state index < -0.39 is 41.6 Å². The Morgan fingerprint density at radius 2 is 1.57 bits per heavy atom. The van der Waals surface area contributed by atoms with Gasteiger partial charge in [-0.3, -0.25) is 14.4 Å². The van der Waals surface area contributed by atoms with E-state index in [0.29, 0.717) is 21.1 Å². The van der Waals surface area contributed by atoms with Crippen LogP contribution in [0, 0.1) is 11.8 Å². The van der Waals surface area contributed by atoms with E-state index in [4.69, 9.17) is 23.2 Å². The number of aromatic nitrogens is 3. The van der Waals surface area contributed by atoms with Crippen molar-refractivity contribution in [2.24, 2.45) is 11.8 Å². The Morgan fingerprint density at radius 3 is 2.38 bits per heavy atom. The second-order valence-electron chi connectivity index (χ2n) is 9.28. The molecular formula is C27H17Cl2N5O3. The summed E-state index contributed by atoms with van der Waals surface area (Å²) in [5, 5.41) is 8.85. The van der Waals surface area contributed by atoms with E-state index in [1.165, 1.54) is 22.9 Å². The molecule has 0 spiro atoms. The summed E-state index contributed by atoms with van der Waals surface area (Å²) in [6.45, 7) is 0. The van der Waals surface area contributed by atoms with Crippen LogP contribution in [0.25, 0.3) is 17.1 Å². The molecule has 4 aromatic rings. The van der Waals surface area contributed by atoms with E-state index in [2.05, 4.69) is 10.3 Å². The lowest BCUT2D eigenvalue weighted by Crippen LogP contribution is -2.50. The first-order valence-corrected chi connectivity index (χ1v) is 12.4. The lowest BCUT2D eigenvalue weighted by molar-refractivity contribution is -0.122. The standard InChI is InChI=1S/C27H17Cl2N5O3/c28-15-11-16(29)13-17(12-15)32-25(35)22-21-10-9-14-5-1-3-7-19(14)33(21)24(23(22)26(32)36)27(37)34-20-8-4-2-6-18(20)30-31-34/h1-13,21-24H. The highest BCUT2D eigenvalue weighted by atomic mass is 35.5. The van der Waals surface area contributed by atoms with Gasteiger partial charge in [0.15, 0.2) is 0 Å². The predicted octanol–water partition coefficient (Wildman–Crippen LogP) is 4.47. The quantitative estimate of drug-likeness (QED) is 0.356. The zero-order valence-electron chi connectivity index (χ0n) is 19.0. The van der Waals surface area contributed by atoms with Gasteiger partial charge < -0.3 is 4.90 Å². The molecular weight excluding hydrogens is 513 g/mol. The summed E-state index contributed by atoms with van der Waals surface area (Å²) in [5.74, 6) is -3.02. The van der Waals surface area contributed by atoms with Gasteiger partial charge in [-0.05, 0) is 42.0 Å². The zero-order chi connectivity index (χ0) is 25.4. The zero-order valence-corrected chi connectivity index (χ0v) is 20.5. The SMILES string of the molecule is O=C1C2C(C(=O)N1c1cc(Cl)cc(Cl)c1)C(C(=O)n1nnc3ccccc31)N1c3ccccc3C=CC21. The molecule has 37 heavy (non-hydrogen) atoms. The number of carbonyl (C=O) groups excluding carboxylic acids is 3. The Hall–Kier alpha value is -4.01. The van der Waals surface area contributed by atoms with Crippen LogP contribution in [0.3, 0.4) is 0 Å². The first-order chi connectivity index (χ1) is 17.9. The maximum absolute atomic E-state index is 14.2. The highest BCUT2D eigenvalue weighted by Gasteiger charge is 2.64. The van der Waals surface area contributed by atoms with Crippen molar-refractivity contribution >= 4 is 69.4 Å². The first kappa shape index (κ1) is 22.2. The molecule has 182 valence electrons. The molecule has 0 radical (unpaired) electrons. The Bertz CT molecular complexity index is 1660.